The van der Waals surface area contributed by atoms with E-state index in [9.17, 15) is 9.18 Å². The van der Waals surface area contributed by atoms with Crippen molar-refractivity contribution in [2.24, 2.45) is 0 Å². The third-order valence-corrected chi connectivity index (χ3v) is 4.01. The van der Waals surface area contributed by atoms with E-state index < -0.39 is 5.82 Å². The number of aromatic nitrogens is 1. The van der Waals surface area contributed by atoms with Gasteiger partial charge < -0.3 is 9.64 Å². The number of hydrogen-bond donors (Lipinski definition) is 0. The Morgan fingerprint density at radius 2 is 2.26 bits per heavy atom. The summed E-state index contributed by atoms with van der Waals surface area (Å²) in [5.74, 6) is 0.00139. The van der Waals surface area contributed by atoms with Crippen LogP contribution in [0.15, 0.2) is 36.5 Å². The minimum absolute atomic E-state index is 0.0560. The Morgan fingerprint density at radius 3 is 3.04 bits per heavy atom. The van der Waals surface area contributed by atoms with Crippen LogP contribution in [0.3, 0.4) is 0 Å². The van der Waals surface area contributed by atoms with Gasteiger partial charge in [-0.25, -0.2) is 4.39 Å². The zero-order valence-electron chi connectivity index (χ0n) is 13.1. The third-order valence-electron chi connectivity index (χ3n) is 4.01. The lowest BCUT2D eigenvalue weighted by molar-refractivity contribution is -0.131. The monoisotopic (exact) mass is 314 g/mol. The molecule has 4 nitrogen and oxygen atoms in total. The Balaban J connectivity index is 1.68. The van der Waals surface area contributed by atoms with Gasteiger partial charge in [0.25, 0.3) is 0 Å². The van der Waals surface area contributed by atoms with E-state index >= 15 is 0 Å². The van der Waals surface area contributed by atoms with Crippen LogP contribution in [0.5, 0.6) is 5.75 Å². The number of pyridine rings is 1. The fourth-order valence-corrected chi connectivity index (χ4v) is 2.77. The number of benzene rings is 1. The van der Waals surface area contributed by atoms with Crippen molar-refractivity contribution >= 4 is 5.91 Å². The second-order valence-electron chi connectivity index (χ2n) is 5.54. The highest BCUT2D eigenvalue weighted by molar-refractivity contribution is 5.79. The van der Waals surface area contributed by atoms with E-state index in [4.69, 9.17) is 4.74 Å². The molecule has 1 aromatic carbocycles. The van der Waals surface area contributed by atoms with E-state index in [1.54, 1.807) is 23.2 Å². The summed E-state index contributed by atoms with van der Waals surface area (Å²) in [4.78, 5) is 18.5. The summed E-state index contributed by atoms with van der Waals surface area (Å²) in [6.45, 7) is 3.47. The molecule has 0 spiro atoms. The van der Waals surface area contributed by atoms with E-state index in [0.29, 0.717) is 31.0 Å². The predicted molar refractivity (Wildman–Crippen MR) is 84.6 cm³/mol. The molecule has 1 aliphatic heterocycles. The molecule has 0 saturated heterocycles. The van der Waals surface area contributed by atoms with Gasteiger partial charge in [-0.3, -0.25) is 9.78 Å². The molecule has 1 aliphatic rings. The molecular formula is C18H19FN2O2. The highest BCUT2D eigenvalue weighted by Crippen LogP contribution is 2.20. The third kappa shape index (κ3) is 3.50. The Hall–Kier alpha value is -2.43. The van der Waals surface area contributed by atoms with Gasteiger partial charge in [0, 0.05) is 18.8 Å². The number of halogens is 1. The van der Waals surface area contributed by atoms with Crippen molar-refractivity contribution in [2.75, 3.05) is 13.2 Å². The molecule has 0 atom stereocenters. The summed E-state index contributed by atoms with van der Waals surface area (Å²) < 4.78 is 19.3. The SMILES string of the molecule is CCOc1ccc(CC(=O)N2CCc3cccnc3C2)c(F)c1. The van der Waals surface area contributed by atoms with Crippen LogP contribution in [-0.2, 0) is 24.2 Å². The maximum atomic E-state index is 14.1. The first-order chi connectivity index (χ1) is 11.2. The van der Waals surface area contributed by atoms with E-state index in [1.165, 1.54) is 11.6 Å². The first-order valence-electron chi connectivity index (χ1n) is 7.79. The number of hydrogen-bond acceptors (Lipinski definition) is 3. The van der Waals surface area contributed by atoms with Crippen LogP contribution in [0.1, 0.15) is 23.7 Å². The van der Waals surface area contributed by atoms with E-state index in [1.807, 2.05) is 19.1 Å². The van der Waals surface area contributed by atoms with Gasteiger partial charge in [-0.2, -0.15) is 0 Å². The fourth-order valence-electron chi connectivity index (χ4n) is 2.77. The van der Waals surface area contributed by atoms with Gasteiger partial charge in [-0.1, -0.05) is 12.1 Å². The lowest BCUT2D eigenvalue weighted by Crippen LogP contribution is -2.37. The zero-order chi connectivity index (χ0) is 16.2. The van der Waals surface area contributed by atoms with Crippen LogP contribution in [0.4, 0.5) is 4.39 Å². The Kier molecular flexibility index (Phi) is 4.55. The van der Waals surface area contributed by atoms with Crippen molar-refractivity contribution < 1.29 is 13.9 Å². The Morgan fingerprint density at radius 1 is 1.39 bits per heavy atom. The molecule has 23 heavy (non-hydrogen) atoms. The second-order valence-corrected chi connectivity index (χ2v) is 5.54. The molecule has 0 bridgehead atoms. The summed E-state index contributed by atoms with van der Waals surface area (Å²) in [6, 6.07) is 8.59. The first-order valence-corrected chi connectivity index (χ1v) is 7.79. The van der Waals surface area contributed by atoms with Crippen molar-refractivity contribution in [2.45, 2.75) is 26.3 Å². The highest BCUT2D eigenvalue weighted by atomic mass is 19.1. The minimum atomic E-state index is -0.403. The van der Waals surface area contributed by atoms with Gasteiger partial charge in [-0.05, 0) is 36.6 Å². The molecule has 2 heterocycles. The van der Waals surface area contributed by atoms with Crippen molar-refractivity contribution in [1.82, 2.24) is 9.88 Å². The molecule has 5 heteroatoms. The van der Waals surface area contributed by atoms with Gasteiger partial charge in [0.1, 0.15) is 11.6 Å². The van der Waals surface area contributed by atoms with Gasteiger partial charge >= 0.3 is 0 Å². The summed E-state index contributed by atoms with van der Waals surface area (Å²) in [7, 11) is 0. The molecule has 1 aromatic heterocycles. The highest BCUT2D eigenvalue weighted by Gasteiger charge is 2.22. The van der Waals surface area contributed by atoms with Gasteiger partial charge in [0.15, 0.2) is 0 Å². The van der Waals surface area contributed by atoms with Crippen LogP contribution >= 0.6 is 0 Å². The number of carbonyl (C=O) groups excluding carboxylic acids is 1. The average molecular weight is 314 g/mol. The van der Waals surface area contributed by atoms with Crippen LogP contribution in [0, 0.1) is 5.82 Å². The Labute approximate surface area is 134 Å². The van der Waals surface area contributed by atoms with E-state index in [-0.39, 0.29) is 12.3 Å². The van der Waals surface area contributed by atoms with Crippen LogP contribution in [0.25, 0.3) is 0 Å². The van der Waals surface area contributed by atoms with E-state index in [2.05, 4.69) is 4.98 Å². The molecule has 0 aliphatic carbocycles. The van der Waals surface area contributed by atoms with Crippen molar-refractivity contribution in [3.05, 3.63) is 59.2 Å². The van der Waals surface area contributed by atoms with Crippen LogP contribution in [0.2, 0.25) is 0 Å². The molecule has 0 radical (unpaired) electrons. The summed E-state index contributed by atoms with van der Waals surface area (Å²) in [5, 5.41) is 0. The molecule has 2 aromatic rings. The molecule has 1 amide bonds. The maximum absolute atomic E-state index is 14.1. The second kappa shape index (κ2) is 6.77. The number of amides is 1. The average Bonchev–Trinajstić information content (AvgIpc) is 2.57. The first kappa shape index (κ1) is 15.5. The lowest BCUT2D eigenvalue weighted by Gasteiger charge is -2.28. The normalized spacial score (nSPS) is 13.6. The number of rotatable bonds is 4. The quantitative estimate of drug-likeness (QED) is 0.871. The molecule has 0 unspecified atom stereocenters. The van der Waals surface area contributed by atoms with E-state index in [0.717, 1.165) is 12.1 Å². The summed E-state index contributed by atoms with van der Waals surface area (Å²) in [5.41, 5.74) is 2.51. The molecule has 3 rings (SSSR count). The molecule has 0 saturated carbocycles. The topological polar surface area (TPSA) is 42.4 Å². The van der Waals surface area contributed by atoms with Crippen molar-refractivity contribution in [1.29, 1.82) is 0 Å². The maximum Gasteiger partial charge on any atom is 0.227 e. The lowest BCUT2D eigenvalue weighted by atomic mass is 10.0. The fraction of sp³-hybridized carbons (Fsp3) is 0.333. The van der Waals surface area contributed by atoms with Crippen LogP contribution in [-0.4, -0.2) is 28.9 Å². The summed E-state index contributed by atoms with van der Waals surface area (Å²) in [6.07, 6.45) is 2.58. The minimum Gasteiger partial charge on any atom is -0.494 e. The number of nitrogens with zero attached hydrogens (tertiary/aromatic N) is 2. The molecular weight excluding hydrogens is 295 g/mol. The van der Waals surface area contributed by atoms with Gasteiger partial charge in [-0.15, -0.1) is 0 Å². The molecule has 0 fully saturated rings. The van der Waals surface area contributed by atoms with Crippen molar-refractivity contribution in [3.63, 3.8) is 0 Å². The van der Waals surface area contributed by atoms with Gasteiger partial charge in [0.05, 0.1) is 25.3 Å². The zero-order valence-corrected chi connectivity index (χ0v) is 13.1. The molecule has 120 valence electrons. The number of carbonyl (C=O) groups is 1. The predicted octanol–water partition coefficient (Wildman–Crippen LogP) is 2.75. The Bertz CT molecular complexity index is 718. The number of fused-ring (bicyclic) bond motifs is 1. The smallest absolute Gasteiger partial charge is 0.227 e. The van der Waals surface area contributed by atoms with Crippen molar-refractivity contribution in [3.8, 4) is 5.75 Å². The number of ether oxygens (including phenoxy) is 1. The largest absolute Gasteiger partial charge is 0.494 e. The van der Waals surface area contributed by atoms with Gasteiger partial charge in [0.2, 0.25) is 5.91 Å². The standard InChI is InChI=1S/C18H19FN2O2/c1-2-23-15-6-5-14(16(19)11-15)10-18(22)21-9-7-13-4-3-8-20-17(13)12-21/h3-6,8,11H,2,7,9-10,12H2,1H3. The summed E-state index contributed by atoms with van der Waals surface area (Å²) >= 11 is 0. The molecule has 0 N–H and O–H groups in total. The van der Waals surface area contributed by atoms with Crippen LogP contribution < -0.4 is 4.74 Å².